The van der Waals surface area contributed by atoms with E-state index in [2.05, 4.69) is 6.07 Å². The molecule has 0 saturated heterocycles. The van der Waals surface area contributed by atoms with Gasteiger partial charge < -0.3 is 4.74 Å². The maximum absolute atomic E-state index is 13.2. The smallest absolute Gasteiger partial charge is 0.262 e. The Morgan fingerprint density at radius 1 is 1.35 bits per heavy atom. The summed E-state index contributed by atoms with van der Waals surface area (Å²) in [5.74, 6) is 1.51. The summed E-state index contributed by atoms with van der Waals surface area (Å²) < 4.78 is 7.23. The minimum absolute atomic E-state index is 0.0374. The van der Waals surface area contributed by atoms with Crippen LogP contribution >= 0.6 is 11.3 Å². The number of rotatable bonds is 6. The number of thiophene rings is 1. The SMILES string of the molecule is CCc1nc2scc(-c3cc(C)ccc3OC)c2c(=O)n1CCCC#N. The van der Waals surface area contributed by atoms with E-state index in [-0.39, 0.29) is 5.56 Å². The van der Waals surface area contributed by atoms with Crippen molar-refractivity contribution < 1.29 is 4.74 Å². The first kappa shape index (κ1) is 18.2. The number of benzene rings is 1. The van der Waals surface area contributed by atoms with Crippen molar-refractivity contribution in [3.05, 3.63) is 45.3 Å². The van der Waals surface area contributed by atoms with Crippen LogP contribution in [0.5, 0.6) is 5.75 Å². The average molecular weight is 367 g/mol. The van der Waals surface area contributed by atoms with E-state index in [1.165, 1.54) is 11.3 Å². The maximum Gasteiger partial charge on any atom is 0.262 e. The van der Waals surface area contributed by atoms with Crippen molar-refractivity contribution in [3.8, 4) is 22.9 Å². The highest BCUT2D eigenvalue weighted by molar-refractivity contribution is 7.17. The number of nitriles is 1. The zero-order valence-electron chi connectivity index (χ0n) is 15.2. The van der Waals surface area contributed by atoms with Crippen LogP contribution in [0.15, 0.2) is 28.4 Å². The number of hydrogen-bond acceptors (Lipinski definition) is 5. The van der Waals surface area contributed by atoms with Gasteiger partial charge in [0.15, 0.2) is 0 Å². The van der Waals surface area contributed by atoms with Gasteiger partial charge in [-0.15, -0.1) is 11.3 Å². The molecule has 0 spiro atoms. The third-order valence-electron chi connectivity index (χ3n) is 4.40. The number of methoxy groups -OCH3 is 1. The van der Waals surface area contributed by atoms with Crippen molar-refractivity contribution in [1.29, 1.82) is 5.26 Å². The average Bonchev–Trinajstić information content (AvgIpc) is 3.07. The van der Waals surface area contributed by atoms with Crippen LogP contribution in [0, 0.1) is 18.3 Å². The van der Waals surface area contributed by atoms with Gasteiger partial charge in [0.25, 0.3) is 5.56 Å². The number of hydrogen-bond donors (Lipinski definition) is 0. The highest BCUT2D eigenvalue weighted by Crippen LogP contribution is 2.37. The van der Waals surface area contributed by atoms with Crippen molar-refractivity contribution >= 4 is 21.6 Å². The molecule has 0 aliphatic rings. The lowest BCUT2D eigenvalue weighted by Crippen LogP contribution is -2.25. The lowest BCUT2D eigenvalue weighted by atomic mass is 10.0. The minimum atomic E-state index is -0.0374. The molecule has 0 aliphatic carbocycles. The normalized spacial score (nSPS) is 10.8. The van der Waals surface area contributed by atoms with Gasteiger partial charge >= 0.3 is 0 Å². The van der Waals surface area contributed by atoms with Crippen molar-refractivity contribution in [2.45, 2.75) is 39.7 Å². The maximum atomic E-state index is 13.2. The van der Waals surface area contributed by atoms with Crippen LogP contribution in [0.4, 0.5) is 0 Å². The number of aromatic nitrogens is 2. The molecule has 1 aromatic carbocycles. The second kappa shape index (κ2) is 7.71. The molecular formula is C20H21N3O2S. The van der Waals surface area contributed by atoms with E-state index < -0.39 is 0 Å². The van der Waals surface area contributed by atoms with Gasteiger partial charge in [0, 0.05) is 35.9 Å². The largest absolute Gasteiger partial charge is 0.496 e. The fraction of sp³-hybridized carbons (Fsp3) is 0.350. The van der Waals surface area contributed by atoms with E-state index in [0.29, 0.717) is 31.2 Å². The van der Waals surface area contributed by atoms with Gasteiger partial charge in [-0.05, 0) is 25.5 Å². The van der Waals surface area contributed by atoms with Crippen molar-refractivity contribution in [3.63, 3.8) is 0 Å². The Morgan fingerprint density at radius 2 is 2.15 bits per heavy atom. The summed E-state index contributed by atoms with van der Waals surface area (Å²) in [6, 6.07) is 8.09. The molecule has 0 bridgehead atoms. The summed E-state index contributed by atoms with van der Waals surface area (Å²) in [6.07, 6.45) is 1.75. The van der Waals surface area contributed by atoms with Crippen LogP contribution in [0.2, 0.25) is 0 Å². The zero-order valence-corrected chi connectivity index (χ0v) is 16.0. The molecule has 5 nitrogen and oxygen atoms in total. The van der Waals surface area contributed by atoms with E-state index in [0.717, 1.165) is 33.1 Å². The van der Waals surface area contributed by atoms with Crippen LogP contribution < -0.4 is 10.3 Å². The highest BCUT2D eigenvalue weighted by atomic mass is 32.1. The first-order valence-corrected chi connectivity index (χ1v) is 9.51. The molecule has 0 atom stereocenters. The monoisotopic (exact) mass is 367 g/mol. The minimum Gasteiger partial charge on any atom is -0.496 e. The number of unbranched alkanes of at least 4 members (excludes halogenated alkanes) is 1. The summed E-state index contributed by atoms with van der Waals surface area (Å²) in [5, 5.41) is 11.4. The van der Waals surface area contributed by atoms with Crippen molar-refractivity contribution in [2.24, 2.45) is 0 Å². The topological polar surface area (TPSA) is 67.9 Å². The van der Waals surface area contributed by atoms with Crippen LogP contribution in [0.25, 0.3) is 21.3 Å². The molecule has 3 aromatic rings. The van der Waals surface area contributed by atoms with E-state index >= 15 is 0 Å². The van der Waals surface area contributed by atoms with E-state index in [1.54, 1.807) is 11.7 Å². The standard InChI is InChI=1S/C20H21N3O2S/c1-4-17-22-19-18(20(24)23(17)10-6-5-9-21)15(12-26-19)14-11-13(2)7-8-16(14)25-3/h7-8,11-12H,4-6,10H2,1-3H3. The first-order valence-electron chi connectivity index (χ1n) is 8.63. The molecule has 0 radical (unpaired) electrons. The fourth-order valence-electron chi connectivity index (χ4n) is 3.11. The lowest BCUT2D eigenvalue weighted by Gasteiger charge is -2.12. The Morgan fingerprint density at radius 3 is 2.85 bits per heavy atom. The molecule has 0 amide bonds. The first-order chi connectivity index (χ1) is 12.6. The molecule has 0 N–H and O–H groups in total. The zero-order chi connectivity index (χ0) is 18.7. The Bertz CT molecular complexity index is 1040. The summed E-state index contributed by atoms with van der Waals surface area (Å²) in [5.41, 5.74) is 2.84. The summed E-state index contributed by atoms with van der Waals surface area (Å²) in [7, 11) is 1.64. The van der Waals surface area contributed by atoms with Crippen LogP contribution in [-0.2, 0) is 13.0 Å². The molecular weight excluding hydrogens is 346 g/mol. The van der Waals surface area contributed by atoms with Crippen LogP contribution in [0.3, 0.4) is 0 Å². The van der Waals surface area contributed by atoms with Gasteiger partial charge in [-0.3, -0.25) is 9.36 Å². The van der Waals surface area contributed by atoms with Crippen molar-refractivity contribution in [2.75, 3.05) is 7.11 Å². The molecule has 2 aromatic heterocycles. The summed E-state index contributed by atoms with van der Waals surface area (Å²) in [6.45, 7) is 4.52. The summed E-state index contributed by atoms with van der Waals surface area (Å²) >= 11 is 1.48. The third-order valence-corrected chi connectivity index (χ3v) is 5.28. The molecule has 3 rings (SSSR count). The molecule has 2 heterocycles. The molecule has 0 fully saturated rings. The molecule has 134 valence electrons. The Kier molecular flexibility index (Phi) is 5.38. The van der Waals surface area contributed by atoms with E-state index in [4.69, 9.17) is 15.0 Å². The van der Waals surface area contributed by atoms with Crippen LogP contribution in [-0.4, -0.2) is 16.7 Å². The molecule has 0 saturated carbocycles. The number of aryl methyl sites for hydroxylation is 2. The quantitative estimate of drug-likeness (QED) is 0.609. The van der Waals surface area contributed by atoms with Gasteiger partial charge in [0.05, 0.1) is 18.6 Å². The predicted molar refractivity (Wildman–Crippen MR) is 105 cm³/mol. The molecule has 26 heavy (non-hydrogen) atoms. The van der Waals surface area contributed by atoms with Crippen molar-refractivity contribution in [1.82, 2.24) is 9.55 Å². The number of nitrogens with zero attached hydrogens (tertiary/aromatic N) is 3. The molecule has 6 heteroatoms. The fourth-order valence-corrected chi connectivity index (χ4v) is 4.06. The number of ether oxygens (including phenoxy) is 1. The second-order valence-corrected chi connectivity index (χ2v) is 6.99. The van der Waals surface area contributed by atoms with Gasteiger partial charge in [-0.2, -0.15) is 5.26 Å². The second-order valence-electron chi connectivity index (χ2n) is 6.13. The van der Waals surface area contributed by atoms with Gasteiger partial charge in [0.2, 0.25) is 0 Å². The van der Waals surface area contributed by atoms with E-state index in [1.807, 2.05) is 37.4 Å². The van der Waals surface area contributed by atoms with Gasteiger partial charge in [-0.25, -0.2) is 4.98 Å². The van der Waals surface area contributed by atoms with E-state index in [9.17, 15) is 4.79 Å². The van der Waals surface area contributed by atoms with Gasteiger partial charge in [0.1, 0.15) is 16.4 Å². The third kappa shape index (κ3) is 3.23. The van der Waals surface area contributed by atoms with Crippen LogP contribution in [0.1, 0.15) is 31.2 Å². The Balaban J connectivity index is 2.24. The van der Waals surface area contributed by atoms with Gasteiger partial charge in [-0.1, -0.05) is 18.6 Å². The predicted octanol–water partition coefficient (Wildman–Crippen LogP) is 4.31. The Hall–Kier alpha value is -2.65. The Labute approximate surface area is 156 Å². The lowest BCUT2D eigenvalue weighted by molar-refractivity contribution is 0.416. The summed E-state index contributed by atoms with van der Waals surface area (Å²) in [4.78, 5) is 18.7. The molecule has 0 aliphatic heterocycles. The highest BCUT2D eigenvalue weighted by Gasteiger charge is 2.18. The molecule has 0 unspecified atom stereocenters. The number of fused-ring (bicyclic) bond motifs is 1.